The number of allylic oxidation sites excluding steroid dienone is 1. The van der Waals surface area contributed by atoms with E-state index < -0.39 is 0 Å². The maximum absolute atomic E-state index is 12.1. The Morgan fingerprint density at radius 2 is 2.17 bits per heavy atom. The predicted octanol–water partition coefficient (Wildman–Crippen LogP) is 3.28. The Kier molecular flexibility index (Phi) is 9.48. The third-order valence-corrected chi connectivity index (χ3v) is 4.50. The summed E-state index contributed by atoms with van der Waals surface area (Å²) in [5, 5.41) is 10.4. The van der Waals surface area contributed by atoms with Crippen LogP contribution in [0.1, 0.15) is 31.2 Å². The Bertz CT molecular complexity index is 784. The summed E-state index contributed by atoms with van der Waals surface area (Å²) >= 11 is 0. The second-order valence-corrected chi connectivity index (χ2v) is 6.91. The SMILES string of the molecule is C=CCCCCCN(C)C(=NC)NCc1cccc(NC(=O)Cn2cccn2)c1. The summed E-state index contributed by atoms with van der Waals surface area (Å²) < 4.78 is 1.60. The van der Waals surface area contributed by atoms with Crippen molar-refractivity contribution < 1.29 is 4.79 Å². The van der Waals surface area contributed by atoms with Crippen LogP contribution in [0.4, 0.5) is 5.69 Å². The van der Waals surface area contributed by atoms with E-state index in [0.717, 1.165) is 36.6 Å². The number of nitrogens with zero attached hydrogens (tertiary/aromatic N) is 4. The Balaban J connectivity index is 1.80. The van der Waals surface area contributed by atoms with E-state index in [1.807, 2.05) is 30.3 Å². The fraction of sp³-hybridized carbons (Fsp3) is 0.409. The highest BCUT2D eigenvalue weighted by Crippen LogP contribution is 2.11. The lowest BCUT2D eigenvalue weighted by atomic mass is 10.2. The molecule has 2 aromatic rings. The van der Waals surface area contributed by atoms with Gasteiger partial charge in [0, 0.05) is 45.3 Å². The highest BCUT2D eigenvalue weighted by molar-refractivity contribution is 5.90. The van der Waals surface area contributed by atoms with Crippen LogP contribution in [-0.4, -0.2) is 47.2 Å². The molecule has 29 heavy (non-hydrogen) atoms. The summed E-state index contributed by atoms with van der Waals surface area (Å²) in [5.74, 6) is 0.757. The summed E-state index contributed by atoms with van der Waals surface area (Å²) in [6.07, 6.45) is 9.97. The summed E-state index contributed by atoms with van der Waals surface area (Å²) in [6, 6.07) is 9.61. The topological polar surface area (TPSA) is 74.5 Å². The fourth-order valence-corrected chi connectivity index (χ4v) is 2.99. The van der Waals surface area contributed by atoms with E-state index in [2.05, 4.69) is 39.3 Å². The first kappa shape index (κ1) is 22.2. The number of carbonyl (C=O) groups is 1. The van der Waals surface area contributed by atoms with Gasteiger partial charge < -0.3 is 15.5 Å². The third kappa shape index (κ3) is 8.21. The van der Waals surface area contributed by atoms with Crippen LogP contribution in [0.25, 0.3) is 0 Å². The number of benzene rings is 1. The van der Waals surface area contributed by atoms with Crippen molar-refractivity contribution in [1.29, 1.82) is 0 Å². The lowest BCUT2D eigenvalue weighted by Crippen LogP contribution is -2.39. The molecular weight excluding hydrogens is 364 g/mol. The number of aromatic nitrogens is 2. The smallest absolute Gasteiger partial charge is 0.246 e. The predicted molar refractivity (Wildman–Crippen MR) is 119 cm³/mol. The zero-order chi connectivity index (χ0) is 20.9. The van der Waals surface area contributed by atoms with Crippen molar-refractivity contribution in [3.8, 4) is 0 Å². The Labute approximate surface area is 173 Å². The van der Waals surface area contributed by atoms with Gasteiger partial charge in [0.25, 0.3) is 0 Å². The molecule has 1 amide bonds. The highest BCUT2D eigenvalue weighted by atomic mass is 16.2. The quantitative estimate of drug-likeness (QED) is 0.265. The molecule has 7 heteroatoms. The minimum absolute atomic E-state index is 0.106. The number of hydrogen-bond acceptors (Lipinski definition) is 3. The first-order valence-electron chi connectivity index (χ1n) is 10.0. The Morgan fingerprint density at radius 3 is 2.90 bits per heavy atom. The number of guanidine groups is 1. The molecule has 0 saturated heterocycles. The van der Waals surface area contributed by atoms with Gasteiger partial charge in [0.2, 0.25) is 5.91 Å². The van der Waals surface area contributed by atoms with Gasteiger partial charge in [0.15, 0.2) is 5.96 Å². The van der Waals surface area contributed by atoms with E-state index in [9.17, 15) is 4.79 Å². The molecule has 0 saturated carbocycles. The van der Waals surface area contributed by atoms with Crippen molar-refractivity contribution in [1.82, 2.24) is 20.0 Å². The molecule has 0 aliphatic carbocycles. The average molecular weight is 397 g/mol. The molecule has 0 atom stereocenters. The van der Waals surface area contributed by atoms with Crippen LogP contribution in [0.2, 0.25) is 0 Å². The lowest BCUT2D eigenvalue weighted by molar-refractivity contribution is -0.116. The molecule has 7 nitrogen and oxygen atoms in total. The van der Waals surface area contributed by atoms with E-state index in [4.69, 9.17) is 0 Å². The van der Waals surface area contributed by atoms with Crippen molar-refractivity contribution >= 4 is 17.6 Å². The van der Waals surface area contributed by atoms with E-state index in [-0.39, 0.29) is 12.5 Å². The molecular formula is C22H32N6O. The number of carbonyl (C=O) groups excluding carboxylic acids is 1. The molecule has 156 valence electrons. The van der Waals surface area contributed by atoms with Gasteiger partial charge in [0.05, 0.1) is 0 Å². The molecule has 1 heterocycles. The minimum atomic E-state index is -0.106. The van der Waals surface area contributed by atoms with Crippen molar-refractivity contribution in [3.63, 3.8) is 0 Å². The van der Waals surface area contributed by atoms with Crippen LogP contribution in [0, 0.1) is 0 Å². The third-order valence-electron chi connectivity index (χ3n) is 4.50. The van der Waals surface area contributed by atoms with Crippen molar-refractivity contribution in [3.05, 3.63) is 60.9 Å². The number of aliphatic imine (C=N–C) groups is 1. The molecule has 1 aromatic heterocycles. The van der Waals surface area contributed by atoms with Crippen molar-refractivity contribution in [2.24, 2.45) is 4.99 Å². The van der Waals surface area contributed by atoms with Gasteiger partial charge in [-0.3, -0.25) is 14.5 Å². The van der Waals surface area contributed by atoms with E-state index >= 15 is 0 Å². The fourth-order valence-electron chi connectivity index (χ4n) is 2.99. The number of nitrogens with one attached hydrogen (secondary N) is 2. The van der Waals surface area contributed by atoms with E-state index in [0.29, 0.717) is 6.54 Å². The maximum atomic E-state index is 12.1. The second-order valence-electron chi connectivity index (χ2n) is 6.91. The molecule has 0 spiro atoms. The van der Waals surface area contributed by atoms with Crippen molar-refractivity contribution in [2.45, 2.75) is 38.8 Å². The number of unbranched alkanes of at least 4 members (excludes halogenated alkanes) is 3. The second kappa shape index (κ2) is 12.4. The molecule has 0 unspecified atom stereocenters. The lowest BCUT2D eigenvalue weighted by Gasteiger charge is -2.22. The van der Waals surface area contributed by atoms with E-state index in [1.54, 1.807) is 30.2 Å². The summed E-state index contributed by atoms with van der Waals surface area (Å²) in [5.41, 5.74) is 1.84. The normalized spacial score (nSPS) is 11.2. The summed E-state index contributed by atoms with van der Waals surface area (Å²) in [4.78, 5) is 18.6. The molecule has 2 N–H and O–H groups in total. The molecule has 2 rings (SSSR count). The average Bonchev–Trinajstić information content (AvgIpc) is 3.21. The molecule has 0 radical (unpaired) electrons. The van der Waals surface area contributed by atoms with Crippen LogP contribution in [0.15, 0.2) is 60.4 Å². The minimum Gasteiger partial charge on any atom is -0.352 e. The van der Waals surface area contributed by atoms with Crippen LogP contribution in [-0.2, 0) is 17.9 Å². The number of rotatable bonds is 11. The van der Waals surface area contributed by atoms with Gasteiger partial charge in [-0.2, -0.15) is 5.10 Å². The highest BCUT2D eigenvalue weighted by Gasteiger charge is 2.07. The maximum Gasteiger partial charge on any atom is 0.246 e. The van der Waals surface area contributed by atoms with E-state index in [1.165, 1.54) is 12.8 Å². The molecule has 0 fully saturated rings. The summed E-state index contributed by atoms with van der Waals surface area (Å²) in [6.45, 7) is 5.55. The van der Waals surface area contributed by atoms with Crippen molar-refractivity contribution in [2.75, 3.05) is 26.0 Å². The first-order valence-corrected chi connectivity index (χ1v) is 10.0. The van der Waals surface area contributed by atoms with Gasteiger partial charge in [-0.05, 0) is 43.0 Å². The molecule has 0 aliphatic rings. The molecule has 0 bridgehead atoms. The van der Waals surface area contributed by atoms with Crippen LogP contribution in [0.5, 0.6) is 0 Å². The molecule has 0 aliphatic heterocycles. The zero-order valence-corrected chi connectivity index (χ0v) is 17.5. The number of amides is 1. The van der Waals surface area contributed by atoms with Gasteiger partial charge in [-0.1, -0.05) is 24.6 Å². The monoisotopic (exact) mass is 396 g/mol. The first-order chi connectivity index (χ1) is 14.1. The Morgan fingerprint density at radius 1 is 1.31 bits per heavy atom. The Hall–Kier alpha value is -3.09. The standard InChI is InChI=1S/C22H32N6O/c1-4-5-6-7-8-14-27(3)22(23-2)24-17-19-11-9-12-20(16-19)26-21(29)18-28-15-10-13-25-28/h4,9-13,15-16H,1,5-8,14,17-18H2,2-3H3,(H,23,24)(H,26,29). The van der Waals surface area contributed by atoms with Gasteiger partial charge in [0.1, 0.15) is 6.54 Å². The van der Waals surface area contributed by atoms with Gasteiger partial charge >= 0.3 is 0 Å². The van der Waals surface area contributed by atoms with Gasteiger partial charge in [-0.15, -0.1) is 6.58 Å². The summed E-state index contributed by atoms with van der Waals surface area (Å²) in [7, 11) is 3.84. The number of hydrogen-bond donors (Lipinski definition) is 2. The van der Waals surface area contributed by atoms with Crippen LogP contribution in [0.3, 0.4) is 0 Å². The zero-order valence-electron chi connectivity index (χ0n) is 17.5. The van der Waals surface area contributed by atoms with Crippen LogP contribution < -0.4 is 10.6 Å². The molecule has 1 aromatic carbocycles. The van der Waals surface area contributed by atoms with Gasteiger partial charge in [-0.25, -0.2) is 0 Å². The number of anilines is 1. The largest absolute Gasteiger partial charge is 0.352 e. The van der Waals surface area contributed by atoms with Crippen LogP contribution >= 0.6 is 0 Å².